The highest BCUT2D eigenvalue weighted by atomic mass is 35.5. The highest BCUT2D eigenvalue weighted by molar-refractivity contribution is 7.22. The molecule has 1 aliphatic rings. The molecule has 2 heterocycles. The molecule has 0 radical (unpaired) electrons. The number of nitrogens with zero attached hydrogens (tertiary/aromatic N) is 2. The molecule has 0 atom stereocenters. The minimum atomic E-state index is -4.10. The van der Waals surface area contributed by atoms with Crippen LogP contribution in [0.2, 0.25) is 10.0 Å². The molecule has 1 saturated heterocycles. The van der Waals surface area contributed by atoms with Crippen molar-refractivity contribution in [1.82, 2.24) is 4.98 Å². The van der Waals surface area contributed by atoms with Crippen LogP contribution in [0.1, 0.15) is 12.8 Å². The van der Waals surface area contributed by atoms with E-state index in [1.54, 1.807) is 12.1 Å². The van der Waals surface area contributed by atoms with Crippen molar-refractivity contribution in [2.24, 2.45) is 5.92 Å². The molecule has 0 unspecified atom stereocenters. The summed E-state index contributed by atoms with van der Waals surface area (Å²) in [6, 6.07) is 3.39. The number of rotatable bonds is 1. The zero-order chi connectivity index (χ0) is 15.2. The Labute approximate surface area is 133 Å². The molecule has 0 bridgehead atoms. The van der Waals surface area contributed by atoms with E-state index in [1.165, 1.54) is 11.3 Å². The fourth-order valence-corrected chi connectivity index (χ4v) is 4.22. The van der Waals surface area contributed by atoms with E-state index in [-0.39, 0.29) is 12.8 Å². The third-order valence-electron chi connectivity index (χ3n) is 3.63. The lowest BCUT2D eigenvalue weighted by molar-refractivity contribution is -0.179. The largest absolute Gasteiger partial charge is 0.391 e. The van der Waals surface area contributed by atoms with E-state index in [0.717, 1.165) is 4.70 Å². The third-order valence-corrected chi connectivity index (χ3v) is 5.20. The Kier molecular flexibility index (Phi) is 3.96. The summed E-state index contributed by atoms with van der Waals surface area (Å²) < 4.78 is 38.9. The number of anilines is 1. The van der Waals surface area contributed by atoms with Crippen molar-refractivity contribution in [2.45, 2.75) is 19.0 Å². The van der Waals surface area contributed by atoms with Crippen LogP contribution >= 0.6 is 34.5 Å². The van der Waals surface area contributed by atoms with E-state index in [1.807, 2.05) is 4.90 Å². The molecule has 0 saturated carbocycles. The van der Waals surface area contributed by atoms with Gasteiger partial charge in [-0.1, -0.05) is 34.5 Å². The molecule has 0 N–H and O–H groups in total. The van der Waals surface area contributed by atoms with Gasteiger partial charge in [-0.25, -0.2) is 4.98 Å². The number of fused-ring (bicyclic) bond motifs is 1. The molecular weight excluding hydrogens is 344 g/mol. The summed E-state index contributed by atoms with van der Waals surface area (Å²) in [7, 11) is 0. The number of thiazole rings is 1. The predicted octanol–water partition coefficient (Wildman–Crippen LogP) is 5.38. The standard InChI is InChI=1S/C13H11Cl2F3N2S/c14-8-5-9(15)11-10(6-8)21-12(19-11)20-3-1-7(2-4-20)13(16,17)18/h5-7H,1-4H2. The second kappa shape index (κ2) is 5.48. The Hall–Kier alpha value is -0.720. The molecule has 1 aromatic heterocycles. The van der Waals surface area contributed by atoms with Crippen LogP contribution in [0.3, 0.4) is 0 Å². The number of hydrogen-bond donors (Lipinski definition) is 0. The van der Waals surface area contributed by atoms with E-state index in [4.69, 9.17) is 23.2 Å². The van der Waals surface area contributed by atoms with Gasteiger partial charge in [0.25, 0.3) is 0 Å². The maximum Gasteiger partial charge on any atom is 0.391 e. The zero-order valence-corrected chi connectivity index (χ0v) is 13.1. The summed E-state index contributed by atoms with van der Waals surface area (Å²) in [6.07, 6.45) is -3.89. The van der Waals surface area contributed by atoms with Gasteiger partial charge in [-0.2, -0.15) is 13.2 Å². The Morgan fingerprint density at radius 2 is 1.86 bits per heavy atom. The average molecular weight is 355 g/mol. The lowest BCUT2D eigenvalue weighted by Gasteiger charge is -2.32. The molecule has 0 spiro atoms. The minimum absolute atomic E-state index is 0.105. The first kappa shape index (κ1) is 15.2. The molecule has 0 amide bonds. The second-order valence-corrected chi connectivity index (χ2v) is 6.89. The number of benzene rings is 1. The molecule has 114 valence electrons. The third kappa shape index (κ3) is 3.07. The van der Waals surface area contributed by atoms with Crippen LogP contribution in [0.4, 0.5) is 18.3 Å². The van der Waals surface area contributed by atoms with Gasteiger partial charge in [0.2, 0.25) is 0 Å². The van der Waals surface area contributed by atoms with Crippen LogP contribution in [0.15, 0.2) is 12.1 Å². The fourth-order valence-electron chi connectivity index (χ4n) is 2.48. The number of alkyl halides is 3. The molecule has 1 fully saturated rings. The lowest BCUT2D eigenvalue weighted by atomic mass is 9.97. The summed E-state index contributed by atoms with van der Waals surface area (Å²) in [6.45, 7) is 0.713. The quantitative estimate of drug-likeness (QED) is 0.683. The van der Waals surface area contributed by atoms with Crippen molar-refractivity contribution in [3.63, 3.8) is 0 Å². The maximum atomic E-state index is 12.7. The topological polar surface area (TPSA) is 16.1 Å². The van der Waals surface area contributed by atoms with E-state index >= 15 is 0 Å². The van der Waals surface area contributed by atoms with E-state index in [2.05, 4.69) is 4.98 Å². The highest BCUT2D eigenvalue weighted by Gasteiger charge is 2.41. The van der Waals surface area contributed by atoms with Crippen molar-refractivity contribution in [1.29, 1.82) is 0 Å². The van der Waals surface area contributed by atoms with Gasteiger partial charge in [0.05, 0.1) is 15.6 Å². The summed E-state index contributed by atoms with van der Waals surface area (Å²) in [5.74, 6) is -1.21. The Balaban J connectivity index is 1.81. The molecule has 0 aliphatic carbocycles. The average Bonchev–Trinajstić information content (AvgIpc) is 2.82. The van der Waals surface area contributed by atoms with Crippen LogP contribution in [-0.2, 0) is 0 Å². The first-order valence-electron chi connectivity index (χ1n) is 6.42. The van der Waals surface area contributed by atoms with Crippen molar-refractivity contribution in [3.8, 4) is 0 Å². The molecule has 21 heavy (non-hydrogen) atoms. The molecular formula is C13H11Cl2F3N2S. The second-order valence-electron chi connectivity index (χ2n) is 5.03. The monoisotopic (exact) mass is 354 g/mol. The van der Waals surface area contributed by atoms with E-state index < -0.39 is 12.1 Å². The van der Waals surface area contributed by atoms with Gasteiger partial charge in [-0.05, 0) is 25.0 Å². The predicted molar refractivity (Wildman–Crippen MR) is 80.6 cm³/mol. The molecule has 3 rings (SSSR count). The molecule has 2 nitrogen and oxygen atoms in total. The van der Waals surface area contributed by atoms with Crippen molar-refractivity contribution in [3.05, 3.63) is 22.2 Å². The minimum Gasteiger partial charge on any atom is -0.348 e. The van der Waals surface area contributed by atoms with Crippen LogP contribution in [-0.4, -0.2) is 24.2 Å². The van der Waals surface area contributed by atoms with Gasteiger partial charge in [0, 0.05) is 18.1 Å². The van der Waals surface area contributed by atoms with Gasteiger partial charge in [-0.3, -0.25) is 0 Å². The summed E-state index contributed by atoms with van der Waals surface area (Å²) >= 11 is 13.4. The van der Waals surface area contributed by atoms with Crippen LogP contribution in [0.25, 0.3) is 10.2 Å². The van der Waals surface area contributed by atoms with Gasteiger partial charge < -0.3 is 4.90 Å². The van der Waals surface area contributed by atoms with Crippen molar-refractivity contribution >= 4 is 49.9 Å². The number of piperidine rings is 1. The summed E-state index contributed by atoms with van der Waals surface area (Å²) in [5.41, 5.74) is 0.652. The van der Waals surface area contributed by atoms with Gasteiger partial charge >= 0.3 is 6.18 Å². The van der Waals surface area contributed by atoms with E-state index in [9.17, 15) is 13.2 Å². The van der Waals surface area contributed by atoms with Crippen molar-refractivity contribution < 1.29 is 13.2 Å². The highest BCUT2D eigenvalue weighted by Crippen LogP contribution is 2.39. The Morgan fingerprint density at radius 3 is 2.48 bits per heavy atom. The van der Waals surface area contributed by atoms with Crippen LogP contribution in [0.5, 0.6) is 0 Å². The summed E-state index contributed by atoms with van der Waals surface area (Å²) in [4.78, 5) is 6.32. The van der Waals surface area contributed by atoms with Gasteiger partial charge in [-0.15, -0.1) is 0 Å². The maximum absolute atomic E-state index is 12.7. The smallest absolute Gasteiger partial charge is 0.348 e. The molecule has 8 heteroatoms. The zero-order valence-electron chi connectivity index (χ0n) is 10.8. The SMILES string of the molecule is FC(F)(F)C1CCN(c2nc3c(Cl)cc(Cl)cc3s2)CC1. The van der Waals surface area contributed by atoms with Gasteiger partial charge in [0.1, 0.15) is 5.52 Å². The van der Waals surface area contributed by atoms with Crippen molar-refractivity contribution in [2.75, 3.05) is 18.0 Å². The first-order valence-corrected chi connectivity index (χ1v) is 7.99. The normalized spacial score (nSPS) is 17.7. The van der Waals surface area contributed by atoms with Crippen LogP contribution < -0.4 is 4.90 Å². The van der Waals surface area contributed by atoms with E-state index in [0.29, 0.717) is 33.8 Å². The first-order chi connectivity index (χ1) is 9.84. The number of halogens is 5. The molecule has 1 aromatic carbocycles. The van der Waals surface area contributed by atoms with Gasteiger partial charge in [0.15, 0.2) is 5.13 Å². The number of hydrogen-bond acceptors (Lipinski definition) is 3. The van der Waals surface area contributed by atoms with Crippen LogP contribution in [0, 0.1) is 5.92 Å². The molecule has 2 aromatic rings. The Bertz CT molecular complexity index is 663. The Morgan fingerprint density at radius 1 is 1.19 bits per heavy atom. The number of aromatic nitrogens is 1. The fraction of sp³-hybridized carbons (Fsp3) is 0.462. The lowest BCUT2D eigenvalue weighted by Crippen LogP contribution is -2.38. The summed E-state index contributed by atoms with van der Waals surface area (Å²) in [5, 5.41) is 1.69. The molecule has 1 aliphatic heterocycles.